The SMILES string of the molecule is CCOC(=O)N1CCN(C(=O)c2ccc3c(c2)ncn3-c2ccc(C)cc2C)CC1. The van der Waals surface area contributed by atoms with E-state index in [0.717, 1.165) is 16.7 Å². The molecule has 2 amide bonds. The molecule has 1 saturated heterocycles. The van der Waals surface area contributed by atoms with Crippen molar-refractivity contribution in [3.63, 3.8) is 0 Å². The van der Waals surface area contributed by atoms with E-state index in [0.29, 0.717) is 38.3 Å². The molecule has 7 heteroatoms. The number of carbonyl (C=O) groups is 2. The summed E-state index contributed by atoms with van der Waals surface area (Å²) in [4.78, 5) is 32.8. The van der Waals surface area contributed by atoms with Gasteiger partial charge in [-0.25, -0.2) is 9.78 Å². The predicted molar refractivity (Wildman–Crippen MR) is 115 cm³/mol. The van der Waals surface area contributed by atoms with Gasteiger partial charge in [-0.3, -0.25) is 9.36 Å². The second-order valence-corrected chi connectivity index (χ2v) is 7.59. The fourth-order valence-corrected chi connectivity index (χ4v) is 3.90. The van der Waals surface area contributed by atoms with E-state index in [2.05, 4.69) is 41.6 Å². The van der Waals surface area contributed by atoms with Gasteiger partial charge in [0.2, 0.25) is 0 Å². The molecule has 3 aromatic rings. The van der Waals surface area contributed by atoms with E-state index in [1.165, 1.54) is 11.1 Å². The molecule has 0 radical (unpaired) electrons. The van der Waals surface area contributed by atoms with Crippen LogP contribution in [0.4, 0.5) is 4.79 Å². The lowest BCUT2D eigenvalue weighted by Crippen LogP contribution is -2.50. The molecule has 0 aliphatic carbocycles. The first-order valence-electron chi connectivity index (χ1n) is 10.2. The molecule has 0 N–H and O–H groups in total. The van der Waals surface area contributed by atoms with Crippen LogP contribution in [-0.2, 0) is 4.74 Å². The Bertz CT molecular complexity index is 1100. The summed E-state index contributed by atoms with van der Waals surface area (Å²) >= 11 is 0. The second-order valence-electron chi connectivity index (χ2n) is 7.59. The number of hydrogen-bond donors (Lipinski definition) is 0. The number of aryl methyl sites for hydroxylation is 2. The minimum Gasteiger partial charge on any atom is -0.450 e. The van der Waals surface area contributed by atoms with Crippen molar-refractivity contribution in [2.24, 2.45) is 0 Å². The summed E-state index contributed by atoms with van der Waals surface area (Å²) in [7, 11) is 0. The summed E-state index contributed by atoms with van der Waals surface area (Å²) in [6.45, 7) is 8.25. The Kier molecular flexibility index (Phi) is 5.44. The zero-order chi connectivity index (χ0) is 21.3. The number of carbonyl (C=O) groups excluding carboxylic acids is 2. The van der Waals surface area contributed by atoms with Crippen molar-refractivity contribution < 1.29 is 14.3 Å². The number of amides is 2. The normalized spacial score (nSPS) is 14.2. The zero-order valence-electron chi connectivity index (χ0n) is 17.6. The van der Waals surface area contributed by atoms with Gasteiger partial charge in [-0.2, -0.15) is 0 Å². The molecule has 1 aliphatic heterocycles. The van der Waals surface area contributed by atoms with Crippen molar-refractivity contribution in [3.05, 3.63) is 59.4 Å². The standard InChI is InChI=1S/C23H26N4O3/c1-4-30-23(29)26-11-9-25(10-12-26)22(28)18-6-8-21-19(14-18)24-15-27(21)20-7-5-16(2)13-17(20)3/h5-8,13-15H,4,9-12H2,1-3H3. The van der Waals surface area contributed by atoms with Crippen LogP contribution in [0.1, 0.15) is 28.4 Å². The fraction of sp³-hybridized carbons (Fsp3) is 0.348. The number of ether oxygens (including phenoxy) is 1. The molecule has 156 valence electrons. The quantitative estimate of drug-likeness (QED) is 0.667. The van der Waals surface area contributed by atoms with Gasteiger partial charge in [-0.15, -0.1) is 0 Å². The van der Waals surface area contributed by atoms with E-state index in [4.69, 9.17) is 4.74 Å². The van der Waals surface area contributed by atoms with Gasteiger partial charge in [0, 0.05) is 31.7 Å². The number of piperazine rings is 1. The number of aromatic nitrogens is 2. The maximum absolute atomic E-state index is 13.0. The van der Waals surface area contributed by atoms with Crippen LogP contribution in [0.25, 0.3) is 16.7 Å². The molecule has 0 spiro atoms. The Labute approximate surface area is 175 Å². The molecule has 4 rings (SSSR count). The van der Waals surface area contributed by atoms with Gasteiger partial charge in [0.25, 0.3) is 5.91 Å². The molecule has 1 aromatic heterocycles. The summed E-state index contributed by atoms with van der Waals surface area (Å²) in [6, 6.07) is 12.0. The molecule has 2 heterocycles. The molecule has 1 aliphatic rings. The molecule has 0 bridgehead atoms. The van der Waals surface area contributed by atoms with Crippen molar-refractivity contribution in [1.82, 2.24) is 19.4 Å². The fourth-order valence-electron chi connectivity index (χ4n) is 3.90. The number of benzene rings is 2. The highest BCUT2D eigenvalue weighted by Gasteiger charge is 2.25. The lowest BCUT2D eigenvalue weighted by Gasteiger charge is -2.34. The average molecular weight is 406 g/mol. The Hall–Kier alpha value is -3.35. The van der Waals surface area contributed by atoms with Crippen LogP contribution < -0.4 is 0 Å². The molecule has 0 saturated carbocycles. The third kappa shape index (κ3) is 3.75. The monoisotopic (exact) mass is 406 g/mol. The summed E-state index contributed by atoms with van der Waals surface area (Å²) < 4.78 is 7.09. The van der Waals surface area contributed by atoms with Gasteiger partial charge in [-0.05, 0) is 50.6 Å². The summed E-state index contributed by atoms with van der Waals surface area (Å²) in [6.07, 6.45) is 1.48. The number of hydrogen-bond acceptors (Lipinski definition) is 4. The van der Waals surface area contributed by atoms with Crippen LogP contribution in [0.15, 0.2) is 42.7 Å². The summed E-state index contributed by atoms with van der Waals surface area (Å²) in [5, 5.41) is 0. The lowest BCUT2D eigenvalue weighted by molar-refractivity contribution is 0.0570. The molecular weight excluding hydrogens is 380 g/mol. The Morgan fingerprint density at radius 3 is 2.43 bits per heavy atom. The Morgan fingerprint density at radius 2 is 1.73 bits per heavy atom. The predicted octanol–water partition coefficient (Wildman–Crippen LogP) is 3.56. The molecule has 0 atom stereocenters. The maximum Gasteiger partial charge on any atom is 0.409 e. The molecule has 7 nitrogen and oxygen atoms in total. The third-order valence-corrected chi connectivity index (χ3v) is 5.50. The Balaban J connectivity index is 1.52. The van der Waals surface area contributed by atoms with E-state index in [-0.39, 0.29) is 12.0 Å². The smallest absolute Gasteiger partial charge is 0.409 e. The number of fused-ring (bicyclic) bond motifs is 1. The van der Waals surface area contributed by atoms with Gasteiger partial charge in [-0.1, -0.05) is 17.7 Å². The van der Waals surface area contributed by atoms with Crippen molar-refractivity contribution >= 4 is 23.0 Å². The topological polar surface area (TPSA) is 67.7 Å². The third-order valence-electron chi connectivity index (χ3n) is 5.50. The van der Waals surface area contributed by atoms with E-state index < -0.39 is 0 Å². The minimum atomic E-state index is -0.317. The van der Waals surface area contributed by atoms with Gasteiger partial charge < -0.3 is 14.5 Å². The molecule has 2 aromatic carbocycles. The molecular formula is C23H26N4O3. The zero-order valence-corrected chi connectivity index (χ0v) is 17.6. The highest BCUT2D eigenvalue weighted by Crippen LogP contribution is 2.23. The van der Waals surface area contributed by atoms with Crippen LogP contribution in [0.3, 0.4) is 0 Å². The largest absolute Gasteiger partial charge is 0.450 e. The van der Waals surface area contributed by atoms with Crippen LogP contribution in [0, 0.1) is 13.8 Å². The van der Waals surface area contributed by atoms with Crippen molar-refractivity contribution in [3.8, 4) is 5.69 Å². The first-order valence-corrected chi connectivity index (χ1v) is 10.2. The Morgan fingerprint density at radius 1 is 1.00 bits per heavy atom. The first-order chi connectivity index (χ1) is 14.5. The van der Waals surface area contributed by atoms with Gasteiger partial charge in [0.15, 0.2) is 0 Å². The van der Waals surface area contributed by atoms with E-state index in [9.17, 15) is 9.59 Å². The van der Waals surface area contributed by atoms with Gasteiger partial charge in [0.1, 0.15) is 6.33 Å². The summed E-state index contributed by atoms with van der Waals surface area (Å²) in [5.41, 5.74) is 5.83. The van der Waals surface area contributed by atoms with Crippen molar-refractivity contribution in [2.75, 3.05) is 32.8 Å². The van der Waals surface area contributed by atoms with Crippen LogP contribution >= 0.6 is 0 Å². The molecule has 1 fully saturated rings. The molecule has 0 unspecified atom stereocenters. The number of nitrogens with zero attached hydrogens (tertiary/aromatic N) is 4. The second kappa shape index (κ2) is 8.18. The highest BCUT2D eigenvalue weighted by molar-refractivity contribution is 5.97. The van der Waals surface area contributed by atoms with Crippen LogP contribution in [0.2, 0.25) is 0 Å². The number of rotatable bonds is 3. The minimum absolute atomic E-state index is 0.0403. The van der Waals surface area contributed by atoms with Gasteiger partial charge in [0.05, 0.1) is 23.3 Å². The van der Waals surface area contributed by atoms with E-state index in [1.807, 2.05) is 18.2 Å². The summed E-state index contributed by atoms with van der Waals surface area (Å²) in [5.74, 6) is -0.0403. The molecule has 30 heavy (non-hydrogen) atoms. The van der Waals surface area contributed by atoms with E-state index in [1.54, 1.807) is 23.1 Å². The van der Waals surface area contributed by atoms with E-state index >= 15 is 0 Å². The van der Waals surface area contributed by atoms with Gasteiger partial charge >= 0.3 is 6.09 Å². The average Bonchev–Trinajstić information content (AvgIpc) is 3.16. The van der Waals surface area contributed by atoms with Crippen LogP contribution in [-0.4, -0.2) is 64.1 Å². The van der Waals surface area contributed by atoms with Crippen LogP contribution in [0.5, 0.6) is 0 Å². The highest BCUT2D eigenvalue weighted by atomic mass is 16.6. The lowest BCUT2D eigenvalue weighted by atomic mass is 10.1. The maximum atomic E-state index is 13.0. The van der Waals surface area contributed by atoms with Crippen molar-refractivity contribution in [2.45, 2.75) is 20.8 Å². The first kappa shape index (κ1) is 19.9. The van der Waals surface area contributed by atoms with Crippen molar-refractivity contribution in [1.29, 1.82) is 0 Å². The number of imidazole rings is 1.